The molecule has 7 nitrogen and oxygen atoms in total. The highest BCUT2D eigenvalue weighted by atomic mass is 16.2. The smallest absolute Gasteiger partial charge is 0.229 e. The molecule has 0 bridgehead atoms. The van der Waals surface area contributed by atoms with E-state index in [-0.39, 0.29) is 30.1 Å². The molecular weight excluding hydrogens is 334 g/mol. The summed E-state index contributed by atoms with van der Waals surface area (Å²) in [7, 11) is 0. The van der Waals surface area contributed by atoms with Crippen LogP contribution < -0.4 is 11.1 Å². The number of piperidine rings is 1. The van der Waals surface area contributed by atoms with Gasteiger partial charge in [0.25, 0.3) is 0 Å². The van der Waals surface area contributed by atoms with Crippen LogP contribution in [0.4, 0.5) is 5.69 Å². The van der Waals surface area contributed by atoms with Gasteiger partial charge in [-0.15, -0.1) is 0 Å². The fourth-order valence-corrected chi connectivity index (χ4v) is 4.52. The van der Waals surface area contributed by atoms with Crippen LogP contribution in [0.2, 0.25) is 0 Å². The predicted octanol–water partition coefficient (Wildman–Crippen LogP) is 0.798. The second-order valence-corrected chi connectivity index (χ2v) is 7.63. The third-order valence-corrected chi connectivity index (χ3v) is 6.12. The molecule has 4 atom stereocenters. The zero-order valence-corrected chi connectivity index (χ0v) is 14.5. The van der Waals surface area contributed by atoms with Gasteiger partial charge in [0, 0.05) is 18.7 Å². The Balaban J connectivity index is 1.62. The summed E-state index contributed by atoms with van der Waals surface area (Å²) >= 11 is 0. The van der Waals surface area contributed by atoms with Gasteiger partial charge in [0.15, 0.2) is 5.78 Å². The standard InChI is InChI=1S/C19H21N3O4/c1-19-13(17(25)21-12-7-3-2-6-11(12)15(19)23)14(19)18(26)22-8-4-5-10(9-22)16(20)24/h2-3,6-7,10,13-14H,4-5,8-9H2,1H3,(H2,20,24)(H,21,25)/t10-,13-,14+,19+/m1/s1. The number of hydrogen-bond donors (Lipinski definition) is 2. The Labute approximate surface area is 150 Å². The van der Waals surface area contributed by atoms with Gasteiger partial charge in [-0.3, -0.25) is 19.2 Å². The fraction of sp³-hybridized carbons (Fsp3) is 0.474. The van der Waals surface area contributed by atoms with E-state index >= 15 is 0 Å². The zero-order chi connectivity index (χ0) is 18.6. The zero-order valence-electron chi connectivity index (χ0n) is 14.5. The molecule has 1 saturated carbocycles. The van der Waals surface area contributed by atoms with Crippen molar-refractivity contribution in [3.05, 3.63) is 29.8 Å². The molecule has 0 aromatic heterocycles. The van der Waals surface area contributed by atoms with Crippen LogP contribution in [0.5, 0.6) is 0 Å². The van der Waals surface area contributed by atoms with E-state index in [0.717, 1.165) is 0 Å². The van der Waals surface area contributed by atoms with Crippen LogP contribution in [0, 0.1) is 23.2 Å². The first-order valence-electron chi connectivity index (χ1n) is 8.88. The van der Waals surface area contributed by atoms with E-state index in [1.165, 1.54) is 0 Å². The number of fused-ring (bicyclic) bond motifs is 2. The molecule has 1 aliphatic carbocycles. The number of Topliss-reactive ketones (excluding diaryl/α,β-unsaturated/α-hetero) is 1. The summed E-state index contributed by atoms with van der Waals surface area (Å²) in [6.07, 6.45) is 1.35. The summed E-state index contributed by atoms with van der Waals surface area (Å²) in [5.41, 5.74) is 5.29. The lowest BCUT2D eigenvalue weighted by molar-refractivity contribution is -0.137. The molecule has 0 unspecified atom stereocenters. The van der Waals surface area contributed by atoms with Crippen molar-refractivity contribution in [2.75, 3.05) is 18.4 Å². The van der Waals surface area contributed by atoms with Crippen LogP contribution >= 0.6 is 0 Å². The highest BCUT2D eigenvalue weighted by Gasteiger charge is 2.74. The highest BCUT2D eigenvalue weighted by molar-refractivity contribution is 6.19. The number of benzene rings is 1. The van der Waals surface area contributed by atoms with E-state index < -0.39 is 23.2 Å². The van der Waals surface area contributed by atoms with Crippen LogP contribution in [-0.4, -0.2) is 41.5 Å². The molecule has 2 fully saturated rings. The average molecular weight is 355 g/mol. The van der Waals surface area contributed by atoms with E-state index in [0.29, 0.717) is 30.6 Å². The number of anilines is 1. The maximum absolute atomic E-state index is 13.1. The van der Waals surface area contributed by atoms with Crippen molar-refractivity contribution >= 4 is 29.2 Å². The minimum absolute atomic E-state index is 0.182. The van der Waals surface area contributed by atoms with Crippen molar-refractivity contribution in [3.8, 4) is 0 Å². The third kappa shape index (κ3) is 2.26. The first kappa shape index (κ1) is 16.8. The number of primary amides is 1. The lowest BCUT2D eigenvalue weighted by atomic mass is 9.91. The number of ketones is 1. The van der Waals surface area contributed by atoms with Gasteiger partial charge in [-0.25, -0.2) is 0 Å². The van der Waals surface area contributed by atoms with Gasteiger partial charge in [0.2, 0.25) is 17.7 Å². The lowest BCUT2D eigenvalue weighted by Gasteiger charge is -2.32. The number of nitrogens with two attached hydrogens (primary N) is 1. The molecule has 3 aliphatic rings. The largest absolute Gasteiger partial charge is 0.369 e. The third-order valence-electron chi connectivity index (χ3n) is 6.12. The second kappa shape index (κ2) is 5.65. The topological polar surface area (TPSA) is 110 Å². The normalized spacial score (nSPS) is 32.8. The second-order valence-electron chi connectivity index (χ2n) is 7.63. The Bertz CT molecular complexity index is 836. The van der Waals surface area contributed by atoms with Gasteiger partial charge >= 0.3 is 0 Å². The fourth-order valence-electron chi connectivity index (χ4n) is 4.52. The Hall–Kier alpha value is -2.70. The average Bonchev–Trinajstić information content (AvgIpc) is 3.29. The highest BCUT2D eigenvalue weighted by Crippen LogP contribution is 2.63. The number of nitrogens with one attached hydrogen (secondary N) is 1. The van der Waals surface area contributed by atoms with E-state index in [1.54, 1.807) is 36.1 Å². The van der Waals surface area contributed by atoms with E-state index in [9.17, 15) is 19.2 Å². The summed E-state index contributed by atoms with van der Waals surface area (Å²) in [5.74, 6) is -2.85. The molecule has 3 amide bonds. The van der Waals surface area contributed by atoms with E-state index in [1.807, 2.05) is 0 Å². The summed E-state index contributed by atoms with van der Waals surface area (Å²) in [5, 5.41) is 2.78. The number of hydrogen-bond acceptors (Lipinski definition) is 4. The number of likely N-dealkylation sites (tertiary alicyclic amines) is 1. The number of nitrogens with zero attached hydrogens (tertiary/aromatic N) is 1. The summed E-state index contributed by atoms with van der Waals surface area (Å²) in [4.78, 5) is 51.8. The summed E-state index contributed by atoms with van der Waals surface area (Å²) in [6.45, 7) is 2.48. The first-order chi connectivity index (χ1) is 12.4. The number of rotatable bonds is 2. The summed E-state index contributed by atoms with van der Waals surface area (Å²) in [6, 6.07) is 6.87. The molecule has 4 rings (SSSR count). The van der Waals surface area contributed by atoms with Crippen LogP contribution in [0.15, 0.2) is 24.3 Å². The van der Waals surface area contributed by atoms with Crippen molar-refractivity contribution in [2.45, 2.75) is 19.8 Å². The van der Waals surface area contributed by atoms with Crippen LogP contribution in [-0.2, 0) is 14.4 Å². The van der Waals surface area contributed by atoms with E-state index in [4.69, 9.17) is 5.73 Å². The van der Waals surface area contributed by atoms with Gasteiger partial charge < -0.3 is 16.0 Å². The van der Waals surface area contributed by atoms with Crippen molar-refractivity contribution in [2.24, 2.45) is 28.9 Å². The molecule has 1 aromatic rings. The van der Waals surface area contributed by atoms with Gasteiger partial charge in [-0.05, 0) is 25.0 Å². The quantitative estimate of drug-likeness (QED) is 0.817. The molecular formula is C19H21N3O4. The Morgan fingerprint density at radius 2 is 2.00 bits per heavy atom. The van der Waals surface area contributed by atoms with Gasteiger partial charge in [-0.1, -0.05) is 19.1 Å². The van der Waals surface area contributed by atoms with E-state index in [2.05, 4.69) is 5.32 Å². The Morgan fingerprint density at radius 3 is 2.73 bits per heavy atom. The maximum Gasteiger partial charge on any atom is 0.229 e. The molecule has 2 heterocycles. The SMILES string of the molecule is C[C@]12C(=O)c3ccccc3NC(=O)[C@H]1[C@H]2C(=O)N1CCC[C@@H](C(N)=O)C1. The Morgan fingerprint density at radius 1 is 1.27 bits per heavy atom. The Kier molecular flexibility index (Phi) is 3.64. The lowest BCUT2D eigenvalue weighted by Crippen LogP contribution is -2.45. The van der Waals surface area contributed by atoms with Gasteiger partial charge in [0.05, 0.1) is 28.9 Å². The van der Waals surface area contributed by atoms with Crippen LogP contribution in [0.25, 0.3) is 0 Å². The number of amides is 3. The molecule has 136 valence electrons. The molecule has 7 heteroatoms. The monoisotopic (exact) mass is 355 g/mol. The van der Waals surface area contributed by atoms with Crippen LogP contribution in [0.3, 0.4) is 0 Å². The van der Waals surface area contributed by atoms with Crippen molar-refractivity contribution in [1.82, 2.24) is 4.90 Å². The molecule has 0 radical (unpaired) electrons. The number of para-hydroxylation sites is 1. The van der Waals surface area contributed by atoms with Crippen molar-refractivity contribution < 1.29 is 19.2 Å². The minimum Gasteiger partial charge on any atom is -0.369 e. The minimum atomic E-state index is -1.03. The maximum atomic E-state index is 13.1. The molecule has 2 aliphatic heterocycles. The molecule has 3 N–H and O–H groups in total. The molecule has 1 aromatic carbocycles. The van der Waals surface area contributed by atoms with Crippen molar-refractivity contribution in [1.29, 1.82) is 0 Å². The first-order valence-corrected chi connectivity index (χ1v) is 8.88. The van der Waals surface area contributed by atoms with Crippen molar-refractivity contribution in [3.63, 3.8) is 0 Å². The summed E-state index contributed by atoms with van der Waals surface area (Å²) < 4.78 is 0. The molecule has 0 spiro atoms. The molecule has 26 heavy (non-hydrogen) atoms. The van der Waals surface area contributed by atoms with Gasteiger partial charge in [-0.2, -0.15) is 0 Å². The number of carbonyl (C=O) groups excluding carboxylic acids is 4. The number of carbonyl (C=O) groups is 4. The molecule has 1 saturated heterocycles. The van der Waals surface area contributed by atoms with Crippen LogP contribution in [0.1, 0.15) is 30.1 Å². The predicted molar refractivity (Wildman–Crippen MR) is 93.0 cm³/mol. The van der Waals surface area contributed by atoms with Gasteiger partial charge in [0.1, 0.15) is 0 Å².